The van der Waals surface area contributed by atoms with Gasteiger partial charge in [-0.05, 0) is 6.07 Å². The summed E-state index contributed by atoms with van der Waals surface area (Å²) in [4.78, 5) is 3.96. The van der Waals surface area contributed by atoms with Crippen LogP contribution in [0.2, 0.25) is 0 Å². The van der Waals surface area contributed by atoms with E-state index in [1.807, 2.05) is 13.8 Å². The van der Waals surface area contributed by atoms with Crippen molar-refractivity contribution in [3.63, 3.8) is 0 Å². The standard InChI is InChI=1S/C11H15F3N2O/c1-8(2)15-6-9-4-3-5-10(16-9)17-7-11(12,13)14/h3-5,8,15H,6-7H2,1-2H3. The van der Waals surface area contributed by atoms with Gasteiger partial charge in [-0.3, -0.25) is 0 Å². The Morgan fingerprint density at radius 1 is 1.35 bits per heavy atom. The fraction of sp³-hybridized carbons (Fsp3) is 0.545. The number of ether oxygens (including phenoxy) is 1. The molecule has 0 spiro atoms. The van der Waals surface area contributed by atoms with Crippen molar-refractivity contribution in [1.29, 1.82) is 0 Å². The molecule has 1 aromatic rings. The Labute approximate surface area is 98.0 Å². The van der Waals surface area contributed by atoms with Crippen LogP contribution in [-0.2, 0) is 6.54 Å². The Morgan fingerprint density at radius 3 is 2.65 bits per heavy atom. The highest BCUT2D eigenvalue weighted by atomic mass is 19.4. The van der Waals surface area contributed by atoms with Gasteiger partial charge >= 0.3 is 6.18 Å². The maximum Gasteiger partial charge on any atom is 0.422 e. The van der Waals surface area contributed by atoms with Gasteiger partial charge < -0.3 is 10.1 Å². The molecule has 0 aliphatic rings. The molecule has 1 rings (SSSR count). The first-order valence-electron chi connectivity index (χ1n) is 5.26. The SMILES string of the molecule is CC(C)NCc1cccc(OCC(F)(F)F)n1. The zero-order chi connectivity index (χ0) is 12.9. The van der Waals surface area contributed by atoms with Crippen LogP contribution in [0.15, 0.2) is 18.2 Å². The zero-order valence-corrected chi connectivity index (χ0v) is 9.71. The maximum atomic E-state index is 11.9. The van der Waals surface area contributed by atoms with E-state index in [9.17, 15) is 13.2 Å². The summed E-state index contributed by atoms with van der Waals surface area (Å²) in [6, 6.07) is 5.05. The number of pyridine rings is 1. The monoisotopic (exact) mass is 248 g/mol. The molecule has 1 heterocycles. The molecule has 0 radical (unpaired) electrons. The normalized spacial score (nSPS) is 11.9. The average Bonchev–Trinajstić information content (AvgIpc) is 2.23. The molecular formula is C11H15F3N2O. The molecule has 6 heteroatoms. The predicted molar refractivity (Wildman–Crippen MR) is 57.8 cm³/mol. The molecule has 0 saturated carbocycles. The highest BCUT2D eigenvalue weighted by Crippen LogP contribution is 2.17. The van der Waals surface area contributed by atoms with Gasteiger partial charge in [-0.25, -0.2) is 4.98 Å². The van der Waals surface area contributed by atoms with E-state index in [2.05, 4.69) is 15.0 Å². The lowest BCUT2D eigenvalue weighted by Crippen LogP contribution is -2.23. The van der Waals surface area contributed by atoms with Crippen LogP contribution in [0.5, 0.6) is 5.88 Å². The van der Waals surface area contributed by atoms with Crippen LogP contribution in [0.25, 0.3) is 0 Å². The largest absolute Gasteiger partial charge is 0.468 e. The summed E-state index contributed by atoms with van der Waals surface area (Å²) in [5.41, 5.74) is 0.651. The number of alkyl halides is 3. The lowest BCUT2D eigenvalue weighted by molar-refractivity contribution is -0.154. The Kier molecular flexibility index (Phi) is 4.74. The lowest BCUT2D eigenvalue weighted by atomic mass is 10.3. The molecule has 3 nitrogen and oxygen atoms in total. The van der Waals surface area contributed by atoms with Crippen LogP contribution >= 0.6 is 0 Å². The highest BCUT2D eigenvalue weighted by molar-refractivity contribution is 5.15. The number of nitrogens with zero attached hydrogens (tertiary/aromatic N) is 1. The van der Waals surface area contributed by atoms with E-state index in [4.69, 9.17) is 0 Å². The van der Waals surface area contributed by atoms with Gasteiger partial charge in [0, 0.05) is 18.7 Å². The molecule has 0 bridgehead atoms. The topological polar surface area (TPSA) is 34.1 Å². The molecule has 1 aromatic heterocycles. The molecule has 0 aliphatic carbocycles. The first kappa shape index (κ1) is 13.8. The molecule has 0 aromatic carbocycles. The number of hydrogen-bond acceptors (Lipinski definition) is 3. The summed E-state index contributed by atoms with van der Waals surface area (Å²) in [5, 5.41) is 3.12. The summed E-state index contributed by atoms with van der Waals surface area (Å²) in [5.74, 6) is -0.00891. The zero-order valence-electron chi connectivity index (χ0n) is 9.71. The second kappa shape index (κ2) is 5.86. The Morgan fingerprint density at radius 2 is 2.06 bits per heavy atom. The number of rotatable bonds is 5. The number of nitrogens with one attached hydrogen (secondary N) is 1. The molecule has 0 saturated heterocycles. The van der Waals surface area contributed by atoms with E-state index < -0.39 is 12.8 Å². The van der Waals surface area contributed by atoms with Crippen molar-refractivity contribution < 1.29 is 17.9 Å². The molecule has 0 unspecified atom stereocenters. The number of aromatic nitrogens is 1. The highest BCUT2D eigenvalue weighted by Gasteiger charge is 2.28. The van der Waals surface area contributed by atoms with Gasteiger partial charge in [0.15, 0.2) is 6.61 Å². The minimum absolute atomic E-state index is 0.00891. The van der Waals surface area contributed by atoms with E-state index in [0.29, 0.717) is 12.2 Å². The fourth-order valence-electron chi connectivity index (χ4n) is 1.10. The van der Waals surface area contributed by atoms with E-state index in [0.717, 1.165) is 0 Å². The van der Waals surface area contributed by atoms with E-state index in [1.165, 1.54) is 6.07 Å². The molecule has 1 N–H and O–H groups in total. The summed E-state index contributed by atoms with van der Waals surface area (Å²) >= 11 is 0. The summed E-state index contributed by atoms with van der Waals surface area (Å²) in [6.07, 6.45) is -4.34. The number of halogens is 3. The minimum Gasteiger partial charge on any atom is -0.468 e. The van der Waals surface area contributed by atoms with Gasteiger partial charge in [0.25, 0.3) is 0 Å². The summed E-state index contributed by atoms with van der Waals surface area (Å²) < 4.78 is 40.3. The molecule has 96 valence electrons. The Hall–Kier alpha value is -1.30. The first-order valence-corrected chi connectivity index (χ1v) is 5.26. The molecule has 0 amide bonds. The van der Waals surface area contributed by atoms with Crippen molar-refractivity contribution in [3.8, 4) is 5.88 Å². The van der Waals surface area contributed by atoms with Crippen LogP contribution in [0.1, 0.15) is 19.5 Å². The lowest BCUT2D eigenvalue weighted by Gasteiger charge is -2.10. The molecule has 17 heavy (non-hydrogen) atoms. The smallest absolute Gasteiger partial charge is 0.422 e. The van der Waals surface area contributed by atoms with Gasteiger partial charge in [0.2, 0.25) is 5.88 Å². The Bertz CT molecular complexity index is 353. The first-order chi connectivity index (χ1) is 7.87. The Balaban J connectivity index is 2.54. The van der Waals surface area contributed by atoms with Crippen LogP contribution in [0.4, 0.5) is 13.2 Å². The van der Waals surface area contributed by atoms with Crippen molar-refractivity contribution in [2.24, 2.45) is 0 Å². The molecular weight excluding hydrogens is 233 g/mol. The van der Waals surface area contributed by atoms with E-state index in [1.54, 1.807) is 12.1 Å². The van der Waals surface area contributed by atoms with Crippen LogP contribution in [-0.4, -0.2) is 23.8 Å². The third-order valence-electron chi connectivity index (χ3n) is 1.86. The van der Waals surface area contributed by atoms with Crippen LogP contribution in [0, 0.1) is 0 Å². The third-order valence-corrected chi connectivity index (χ3v) is 1.86. The van der Waals surface area contributed by atoms with E-state index in [-0.39, 0.29) is 11.9 Å². The summed E-state index contributed by atoms with van der Waals surface area (Å²) in [6.45, 7) is 3.13. The van der Waals surface area contributed by atoms with Crippen molar-refractivity contribution in [2.75, 3.05) is 6.61 Å². The van der Waals surface area contributed by atoms with Gasteiger partial charge in [-0.1, -0.05) is 19.9 Å². The van der Waals surface area contributed by atoms with Crippen LogP contribution in [0.3, 0.4) is 0 Å². The van der Waals surface area contributed by atoms with E-state index >= 15 is 0 Å². The molecule has 0 atom stereocenters. The van der Waals surface area contributed by atoms with Crippen LogP contribution < -0.4 is 10.1 Å². The molecule has 0 fully saturated rings. The maximum absolute atomic E-state index is 11.9. The third kappa shape index (κ3) is 6.11. The molecule has 0 aliphatic heterocycles. The van der Waals surface area contributed by atoms with Crippen molar-refractivity contribution >= 4 is 0 Å². The quantitative estimate of drug-likeness (QED) is 0.869. The van der Waals surface area contributed by atoms with Gasteiger partial charge in [0.1, 0.15) is 0 Å². The van der Waals surface area contributed by atoms with Gasteiger partial charge in [-0.15, -0.1) is 0 Å². The minimum atomic E-state index is -4.34. The fourth-order valence-corrected chi connectivity index (χ4v) is 1.10. The summed E-state index contributed by atoms with van der Waals surface area (Å²) in [7, 11) is 0. The second-order valence-corrected chi connectivity index (χ2v) is 3.91. The van der Waals surface area contributed by atoms with Gasteiger partial charge in [-0.2, -0.15) is 13.2 Å². The number of hydrogen-bond donors (Lipinski definition) is 1. The van der Waals surface area contributed by atoms with Crippen molar-refractivity contribution in [2.45, 2.75) is 32.6 Å². The van der Waals surface area contributed by atoms with Crippen molar-refractivity contribution in [3.05, 3.63) is 23.9 Å². The predicted octanol–water partition coefficient (Wildman–Crippen LogP) is 2.52. The van der Waals surface area contributed by atoms with Crippen molar-refractivity contribution in [1.82, 2.24) is 10.3 Å². The van der Waals surface area contributed by atoms with Gasteiger partial charge in [0.05, 0.1) is 5.69 Å². The second-order valence-electron chi connectivity index (χ2n) is 3.91. The average molecular weight is 248 g/mol.